The van der Waals surface area contributed by atoms with Crippen molar-refractivity contribution in [3.63, 3.8) is 0 Å². The average molecular weight is 442 g/mol. The third-order valence-corrected chi connectivity index (χ3v) is 7.00. The second-order valence-electron chi connectivity index (χ2n) is 7.38. The third kappa shape index (κ3) is 4.56. The molecule has 9 heteroatoms. The van der Waals surface area contributed by atoms with Crippen LogP contribution < -0.4 is 14.8 Å². The Morgan fingerprint density at radius 3 is 2.48 bits per heavy atom. The van der Waals surface area contributed by atoms with Crippen LogP contribution in [-0.4, -0.2) is 42.7 Å². The number of carbonyl (C=O) groups is 1. The molecule has 0 spiro atoms. The van der Waals surface area contributed by atoms with E-state index in [0.29, 0.717) is 40.6 Å². The number of rotatable bonds is 6. The van der Waals surface area contributed by atoms with Gasteiger partial charge in [0.25, 0.3) is 5.91 Å². The predicted octanol–water partition coefficient (Wildman–Crippen LogP) is 3.60. The van der Waals surface area contributed by atoms with Crippen LogP contribution in [0.3, 0.4) is 0 Å². The number of para-hydroxylation sites is 2. The molecule has 1 N–H and O–H groups in total. The first kappa shape index (κ1) is 20.9. The smallest absolute Gasteiger partial charge is 0.259 e. The number of nitrogens with one attached hydrogen (secondary N) is 1. The van der Waals surface area contributed by atoms with Gasteiger partial charge in [-0.3, -0.25) is 9.48 Å². The molecule has 0 bridgehead atoms. The molecule has 31 heavy (non-hydrogen) atoms. The number of carbonyl (C=O) groups excluding carboxylic acids is 1. The van der Waals surface area contributed by atoms with Gasteiger partial charge in [0.1, 0.15) is 5.75 Å². The number of aromatic nitrogens is 2. The Morgan fingerprint density at radius 1 is 1.13 bits per heavy atom. The fourth-order valence-corrected chi connectivity index (χ4v) is 5.31. The summed E-state index contributed by atoms with van der Waals surface area (Å²) in [5.41, 5.74) is 1.67. The Kier molecular flexibility index (Phi) is 5.69. The number of benzene rings is 2. The standard InChI is InChI=1S/C22H23N3O5S/c1-15-19(13-23-25(15)17-11-12-31(27,28)14-17)22(26)24-16-7-9-18(10-8-16)30-21-6-4-3-5-20(21)29-2/h3-10,13,17H,11-12,14H2,1-2H3,(H,24,26). The lowest BCUT2D eigenvalue weighted by Crippen LogP contribution is -2.16. The van der Waals surface area contributed by atoms with Gasteiger partial charge in [-0.2, -0.15) is 5.10 Å². The Balaban J connectivity index is 1.43. The van der Waals surface area contributed by atoms with E-state index < -0.39 is 9.84 Å². The quantitative estimate of drug-likeness (QED) is 0.627. The highest BCUT2D eigenvalue weighted by Gasteiger charge is 2.31. The van der Waals surface area contributed by atoms with Gasteiger partial charge in [0, 0.05) is 11.4 Å². The highest BCUT2D eigenvalue weighted by Crippen LogP contribution is 2.31. The van der Waals surface area contributed by atoms with Gasteiger partial charge in [-0.05, 0) is 49.7 Å². The number of sulfone groups is 1. The van der Waals surface area contributed by atoms with Crippen LogP contribution in [0.1, 0.15) is 28.5 Å². The van der Waals surface area contributed by atoms with Crippen molar-refractivity contribution in [2.75, 3.05) is 23.9 Å². The highest BCUT2D eigenvalue weighted by molar-refractivity contribution is 7.91. The number of anilines is 1. The number of nitrogens with zero attached hydrogens (tertiary/aromatic N) is 2. The van der Waals surface area contributed by atoms with Crippen LogP contribution in [-0.2, 0) is 9.84 Å². The topological polar surface area (TPSA) is 99.5 Å². The SMILES string of the molecule is COc1ccccc1Oc1ccc(NC(=O)c2cnn(C3CCS(=O)(=O)C3)c2C)cc1. The zero-order valence-corrected chi connectivity index (χ0v) is 18.1. The molecule has 1 atom stereocenters. The van der Waals surface area contributed by atoms with Crippen LogP contribution in [0, 0.1) is 6.92 Å². The predicted molar refractivity (Wildman–Crippen MR) is 117 cm³/mol. The fraction of sp³-hybridized carbons (Fsp3) is 0.273. The number of ether oxygens (including phenoxy) is 2. The van der Waals surface area contributed by atoms with E-state index in [1.165, 1.54) is 6.20 Å². The first-order valence-electron chi connectivity index (χ1n) is 9.83. The maximum Gasteiger partial charge on any atom is 0.259 e. The van der Waals surface area contributed by atoms with Crippen molar-refractivity contribution in [1.82, 2.24) is 9.78 Å². The molecule has 1 unspecified atom stereocenters. The Morgan fingerprint density at radius 2 is 1.84 bits per heavy atom. The van der Waals surface area contributed by atoms with Gasteiger partial charge < -0.3 is 14.8 Å². The lowest BCUT2D eigenvalue weighted by molar-refractivity contribution is 0.102. The molecular weight excluding hydrogens is 418 g/mol. The maximum atomic E-state index is 12.7. The molecule has 3 aromatic rings. The molecular formula is C22H23N3O5S. The van der Waals surface area contributed by atoms with E-state index in [2.05, 4.69) is 10.4 Å². The molecule has 1 amide bonds. The summed E-state index contributed by atoms with van der Waals surface area (Å²) in [6.45, 7) is 1.77. The number of methoxy groups -OCH3 is 1. The van der Waals surface area contributed by atoms with E-state index in [-0.39, 0.29) is 23.5 Å². The molecule has 1 saturated heterocycles. The summed E-state index contributed by atoms with van der Waals surface area (Å²) in [5.74, 6) is 1.74. The van der Waals surface area contributed by atoms with Crippen molar-refractivity contribution in [3.05, 3.63) is 66.0 Å². The molecule has 1 aromatic heterocycles. The Bertz CT molecular complexity index is 1200. The molecule has 2 aromatic carbocycles. The van der Waals surface area contributed by atoms with Crippen LogP contribution in [0.15, 0.2) is 54.7 Å². The molecule has 0 aliphatic carbocycles. The summed E-state index contributed by atoms with van der Waals surface area (Å²) in [4.78, 5) is 12.7. The van der Waals surface area contributed by atoms with E-state index >= 15 is 0 Å². The zero-order chi connectivity index (χ0) is 22.0. The normalized spacial score (nSPS) is 17.3. The lowest BCUT2D eigenvalue weighted by Gasteiger charge is -2.12. The molecule has 8 nitrogen and oxygen atoms in total. The van der Waals surface area contributed by atoms with Crippen LogP contribution in [0.5, 0.6) is 17.2 Å². The number of hydrogen-bond donors (Lipinski definition) is 1. The average Bonchev–Trinajstić information content (AvgIpc) is 3.31. The van der Waals surface area contributed by atoms with E-state index in [1.54, 1.807) is 43.0 Å². The molecule has 162 valence electrons. The van der Waals surface area contributed by atoms with Gasteiger partial charge in [-0.1, -0.05) is 12.1 Å². The van der Waals surface area contributed by atoms with Gasteiger partial charge in [0.15, 0.2) is 21.3 Å². The third-order valence-electron chi connectivity index (χ3n) is 5.25. The van der Waals surface area contributed by atoms with Crippen molar-refractivity contribution in [2.24, 2.45) is 0 Å². The van der Waals surface area contributed by atoms with Gasteiger partial charge >= 0.3 is 0 Å². The highest BCUT2D eigenvalue weighted by atomic mass is 32.2. The number of amides is 1. The second-order valence-corrected chi connectivity index (χ2v) is 9.61. The first-order chi connectivity index (χ1) is 14.9. The lowest BCUT2D eigenvalue weighted by atomic mass is 10.2. The summed E-state index contributed by atoms with van der Waals surface area (Å²) in [6, 6.07) is 14.1. The van der Waals surface area contributed by atoms with Crippen molar-refractivity contribution < 1.29 is 22.7 Å². The summed E-state index contributed by atoms with van der Waals surface area (Å²) in [5, 5.41) is 7.10. The van der Waals surface area contributed by atoms with Crippen LogP contribution in [0.4, 0.5) is 5.69 Å². The van der Waals surface area contributed by atoms with Gasteiger partial charge in [0.05, 0.1) is 36.4 Å². The Hall–Kier alpha value is -3.33. The van der Waals surface area contributed by atoms with Crippen LogP contribution in [0.2, 0.25) is 0 Å². The summed E-state index contributed by atoms with van der Waals surface area (Å²) in [6.07, 6.45) is 1.99. The molecule has 1 aliphatic heterocycles. The van der Waals surface area contributed by atoms with Crippen molar-refractivity contribution >= 4 is 21.4 Å². The monoisotopic (exact) mass is 441 g/mol. The van der Waals surface area contributed by atoms with Crippen molar-refractivity contribution in [3.8, 4) is 17.2 Å². The van der Waals surface area contributed by atoms with Gasteiger partial charge in [-0.15, -0.1) is 0 Å². The summed E-state index contributed by atoms with van der Waals surface area (Å²) in [7, 11) is -1.45. The van der Waals surface area contributed by atoms with E-state index in [4.69, 9.17) is 9.47 Å². The molecule has 4 rings (SSSR count). The molecule has 1 fully saturated rings. The van der Waals surface area contributed by atoms with Crippen molar-refractivity contribution in [1.29, 1.82) is 0 Å². The minimum Gasteiger partial charge on any atom is -0.493 e. The van der Waals surface area contributed by atoms with Gasteiger partial charge in [0.2, 0.25) is 0 Å². The van der Waals surface area contributed by atoms with E-state index in [0.717, 1.165) is 0 Å². The van der Waals surface area contributed by atoms with Crippen LogP contribution >= 0.6 is 0 Å². The van der Waals surface area contributed by atoms with Gasteiger partial charge in [-0.25, -0.2) is 8.42 Å². The van der Waals surface area contributed by atoms with E-state index in [9.17, 15) is 13.2 Å². The zero-order valence-electron chi connectivity index (χ0n) is 17.2. The summed E-state index contributed by atoms with van der Waals surface area (Å²) >= 11 is 0. The van der Waals surface area contributed by atoms with E-state index in [1.807, 2.05) is 24.3 Å². The largest absolute Gasteiger partial charge is 0.493 e. The molecule has 2 heterocycles. The molecule has 1 aliphatic rings. The minimum absolute atomic E-state index is 0.0598. The second kappa shape index (κ2) is 8.43. The Labute approximate surface area is 180 Å². The minimum atomic E-state index is -3.03. The number of hydrogen-bond acceptors (Lipinski definition) is 6. The molecule has 0 saturated carbocycles. The first-order valence-corrected chi connectivity index (χ1v) is 11.7. The molecule has 0 radical (unpaired) electrons. The van der Waals surface area contributed by atoms with Crippen LogP contribution in [0.25, 0.3) is 0 Å². The fourth-order valence-electron chi connectivity index (χ4n) is 3.62. The van der Waals surface area contributed by atoms with Crippen molar-refractivity contribution in [2.45, 2.75) is 19.4 Å². The summed E-state index contributed by atoms with van der Waals surface area (Å²) < 4.78 is 36.3. The maximum absolute atomic E-state index is 12.7.